The van der Waals surface area contributed by atoms with Crippen LogP contribution in [0.25, 0.3) is 5.76 Å². The largest absolute Gasteiger partial charge is 0.507 e. The number of hydrogen-bond acceptors (Lipinski definition) is 6. The summed E-state index contributed by atoms with van der Waals surface area (Å²) < 4.78 is 5.44. The highest BCUT2D eigenvalue weighted by Crippen LogP contribution is 2.42. The Labute approximate surface area is 164 Å². The van der Waals surface area contributed by atoms with Gasteiger partial charge in [-0.15, -0.1) is 0 Å². The third-order valence-electron chi connectivity index (χ3n) is 4.62. The molecule has 2 heterocycles. The van der Waals surface area contributed by atoms with Gasteiger partial charge in [0.1, 0.15) is 17.6 Å². The van der Waals surface area contributed by atoms with Gasteiger partial charge >= 0.3 is 0 Å². The molecule has 0 bridgehead atoms. The number of benzene rings is 2. The Morgan fingerprint density at radius 2 is 1.79 bits per heavy atom. The molecule has 1 fully saturated rings. The number of anilines is 1. The first-order chi connectivity index (χ1) is 14.0. The maximum atomic E-state index is 12.8. The molecule has 0 aliphatic carbocycles. The number of aliphatic hydroxyl groups is 1. The molecule has 2 aromatic carbocycles. The number of nitrogens with zero attached hydrogens (tertiary/aromatic N) is 2. The summed E-state index contributed by atoms with van der Waals surface area (Å²) in [6.07, 6.45) is 1.40. The molecule has 8 nitrogen and oxygen atoms in total. The normalized spacial score (nSPS) is 18.2. The highest BCUT2D eigenvalue weighted by Gasteiger charge is 2.48. The number of nitro benzene ring substituents is 1. The van der Waals surface area contributed by atoms with Crippen LogP contribution >= 0.6 is 0 Å². The SMILES string of the molecule is O=C1C(=O)N(c2ccccc2)C(c2ccco2)/C1=C(/O)c1cccc([N+](=O)[O-])c1. The van der Waals surface area contributed by atoms with Crippen molar-refractivity contribution in [3.05, 3.63) is 100 Å². The molecule has 3 aromatic rings. The predicted octanol–water partition coefficient (Wildman–Crippen LogP) is 3.81. The Morgan fingerprint density at radius 3 is 2.45 bits per heavy atom. The van der Waals surface area contributed by atoms with Crippen LogP contribution in [0.2, 0.25) is 0 Å². The van der Waals surface area contributed by atoms with Gasteiger partial charge in [-0.2, -0.15) is 0 Å². The number of ketones is 1. The van der Waals surface area contributed by atoms with E-state index in [-0.39, 0.29) is 22.6 Å². The van der Waals surface area contributed by atoms with Crippen LogP contribution in [0.1, 0.15) is 17.4 Å². The van der Waals surface area contributed by atoms with Crippen molar-refractivity contribution in [3.63, 3.8) is 0 Å². The fourth-order valence-corrected chi connectivity index (χ4v) is 3.33. The topological polar surface area (TPSA) is 114 Å². The lowest BCUT2D eigenvalue weighted by Crippen LogP contribution is -2.29. The number of furan rings is 1. The molecule has 8 heteroatoms. The van der Waals surface area contributed by atoms with Crippen LogP contribution in [-0.2, 0) is 9.59 Å². The Balaban J connectivity index is 1.92. The van der Waals surface area contributed by atoms with Gasteiger partial charge in [0.2, 0.25) is 0 Å². The summed E-state index contributed by atoms with van der Waals surface area (Å²) in [6.45, 7) is 0. The lowest BCUT2D eigenvalue weighted by Gasteiger charge is -2.23. The predicted molar refractivity (Wildman–Crippen MR) is 103 cm³/mol. The summed E-state index contributed by atoms with van der Waals surface area (Å²) >= 11 is 0. The summed E-state index contributed by atoms with van der Waals surface area (Å²) in [5, 5.41) is 21.9. The zero-order chi connectivity index (χ0) is 20.5. The lowest BCUT2D eigenvalue weighted by molar-refractivity contribution is -0.384. The molecule has 1 atom stereocenters. The van der Waals surface area contributed by atoms with E-state index in [9.17, 15) is 24.8 Å². The van der Waals surface area contributed by atoms with Gasteiger partial charge in [-0.1, -0.05) is 30.3 Å². The molecule has 1 aliphatic heterocycles. The second kappa shape index (κ2) is 7.08. The summed E-state index contributed by atoms with van der Waals surface area (Å²) in [5.41, 5.74) is 0.0612. The van der Waals surface area contributed by atoms with E-state index in [1.165, 1.54) is 29.4 Å². The highest BCUT2D eigenvalue weighted by molar-refractivity contribution is 6.51. The molecule has 144 valence electrons. The fraction of sp³-hybridized carbons (Fsp3) is 0.0476. The zero-order valence-corrected chi connectivity index (χ0v) is 14.9. The van der Waals surface area contributed by atoms with E-state index in [1.54, 1.807) is 42.5 Å². The van der Waals surface area contributed by atoms with Gasteiger partial charge in [-0.3, -0.25) is 24.6 Å². The summed E-state index contributed by atoms with van der Waals surface area (Å²) in [5.74, 6) is -1.96. The van der Waals surface area contributed by atoms with E-state index in [2.05, 4.69) is 0 Å². The maximum Gasteiger partial charge on any atom is 0.300 e. The molecule has 1 saturated heterocycles. The quantitative estimate of drug-likeness (QED) is 0.238. The summed E-state index contributed by atoms with van der Waals surface area (Å²) in [4.78, 5) is 37.4. The Morgan fingerprint density at radius 1 is 1.03 bits per heavy atom. The van der Waals surface area contributed by atoms with Crippen molar-refractivity contribution >= 4 is 28.8 Å². The average Bonchev–Trinajstić information content (AvgIpc) is 3.35. The van der Waals surface area contributed by atoms with Crippen molar-refractivity contribution in [2.45, 2.75) is 6.04 Å². The van der Waals surface area contributed by atoms with Crippen molar-refractivity contribution in [3.8, 4) is 0 Å². The monoisotopic (exact) mass is 390 g/mol. The fourth-order valence-electron chi connectivity index (χ4n) is 3.33. The number of aliphatic hydroxyl groups excluding tert-OH is 1. The molecule has 1 aromatic heterocycles. The number of carbonyl (C=O) groups is 2. The van der Waals surface area contributed by atoms with Crippen molar-refractivity contribution in [2.24, 2.45) is 0 Å². The van der Waals surface area contributed by atoms with Crippen LogP contribution in [0.3, 0.4) is 0 Å². The molecule has 0 saturated carbocycles. The molecule has 1 amide bonds. The standard InChI is InChI=1S/C21H14N2O6/c24-19(13-6-4-9-15(12-13)23(27)28)17-18(16-10-5-11-29-16)22(21(26)20(17)25)14-7-2-1-3-8-14/h1-12,18,24H/b19-17-. The van der Waals surface area contributed by atoms with Crippen LogP contribution < -0.4 is 4.90 Å². The number of amides is 1. The number of nitro groups is 1. The first-order valence-electron chi connectivity index (χ1n) is 8.63. The molecule has 1 aliphatic rings. The number of carbonyl (C=O) groups excluding carboxylic acids is 2. The third kappa shape index (κ3) is 3.06. The van der Waals surface area contributed by atoms with Gasteiger partial charge in [-0.25, -0.2) is 0 Å². The van der Waals surface area contributed by atoms with Gasteiger partial charge in [-0.05, 0) is 24.3 Å². The van der Waals surface area contributed by atoms with E-state index in [1.807, 2.05) is 0 Å². The molecule has 1 unspecified atom stereocenters. The number of non-ortho nitro benzene ring substituents is 1. The van der Waals surface area contributed by atoms with Crippen LogP contribution in [0, 0.1) is 10.1 Å². The van der Waals surface area contributed by atoms with Crippen molar-refractivity contribution in [1.29, 1.82) is 0 Å². The van der Waals surface area contributed by atoms with Gasteiger partial charge in [0.05, 0.1) is 16.8 Å². The van der Waals surface area contributed by atoms with Crippen LogP contribution in [0.15, 0.2) is 83.0 Å². The zero-order valence-electron chi connectivity index (χ0n) is 14.9. The van der Waals surface area contributed by atoms with E-state index < -0.39 is 28.4 Å². The lowest BCUT2D eigenvalue weighted by atomic mass is 9.99. The van der Waals surface area contributed by atoms with E-state index >= 15 is 0 Å². The van der Waals surface area contributed by atoms with Gasteiger partial charge in [0.25, 0.3) is 17.4 Å². The molecule has 29 heavy (non-hydrogen) atoms. The maximum absolute atomic E-state index is 12.8. The molecular weight excluding hydrogens is 376 g/mol. The van der Waals surface area contributed by atoms with Gasteiger partial charge in [0, 0.05) is 23.4 Å². The second-order valence-corrected chi connectivity index (χ2v) is 6.33. The number of para-hydroxylation sites is 1. The second-order valence-electron chi connectivity index (χ2n) is 6.33. The highest BCUT2D eigenvalue weighted by atomic mass is 16.6. The average molecular weight is 390 g/mol. The Hall–Kier alpha value is -4.20. The van der Waals surface area contributed by atoms with Gasteiger partial charge in [0.15, 0.2) is 0 Å². The van der Waals surface area contributed by atoms with Crippen LogP contribution in [0.4, 0.5) is 11.4 Å². The Bertz CT molecular complexity index is 1130. The first kappa shape index (κ1) is 18.2. The van der Waals surface area contributed by atoms with E-state index in [4.69, 9.17) is 4.42 Å². The van der Waals surface area contributed by atoms with Crippen molar-refractivity contribution in [1.82, 2.24) is 0 Å². The minimum absolute atomic E-state index is 0.0572. The van der Waals surface area contributed by atoms with E-state index in [0.717, 1.165) is 6.07 Å². The molecule has 0 radical (unpaired) electrons. The smallest absolute Gasteiger partial charge is 0.300 e. The number of Topliss-reactive ketones (excluding diaryl/α,β-unsaturated/α-hetero) is 1. The minimum atomic E-state index is -1.01. The van der Waals surface area contributed by atoms with Crippen LogP contribution in [-0.4, -0.2) is 21.7 Å². The number of hydrogen-bond donors (Lipinski definition) is 1. The minimum Gasteiger partial charge on any atom is -0.507 e. The first-order valence-corrected chi connectivity index (χ1v) is 8.63. The third-order valence-corrected chi connectivity index (χ3v) is 4.62. The van der Waals surface area contributed by atoms with Gasteiger partial charge < -0.3 is 9.52 Å². The Kier molecular flexibility index (Phi) is 4.44. The van der Waals surface area contributed by atoms with E-state index in [0.29, 0.717) is 5.69 Å². The number of rotatable bonds is 4. The summed E-state index contributed by atoms with van der Waals surface area (Å²) in [7, 11) is 0. The molecule has 4 rings (SSSR count). The molecular formula is C21H14N2O6. The molecule has 0 spiro atoms. The summed E-state index contributed by atoms with van der Waals surface area (Å²) in [6, 6.07) is 15.9. The molecule has 1 N–H and O–H groups in total. The van der Waals surface area contributed by atoms with Crippen LogP contribution in [0.5, 0.6) is 0 Å². The van der Waals surface area contributed by atoms with Crippen molar-refractivity contribution < 1.29 is 24.0 Å². The van der Waals surface area contributed by atoms with Crippen molar-refractivity contribution in [2.75, 3.05) is 4.90 Å².